The van der Waals surface area contributed by atoms with E-state index < -0.39 is 0 Å². The lowest BCUT2D eigenvalue weighted by Crippen LogP contribution is -2.35. The van der Waals surface area contributed by atoms with E-state index >= 15 is 0 Å². The first-order valence-electron chi connectivity index (χ1n) is 11.7. The zero-order valence-electron chi connectivity index (χ0n) is 19.7. The summed E-state index contributed by atoms with van der Waals surface area (Å²) in [5.41, 5.74) is 3.52. The van der Waals surface area contributed by atoms with Gasteiger partial charge in [0.15, 0.2) is 0 Å². The minimum absolute atomic E-state index is 0. The average Bonchev–Trinajstić information content (AvgIpc) is 3.15. The van der Waals surface area contributed by atoms with E-state index in [1.54, 1.807) is 11.3 Å². The van der Waals surface area contributed by atoms with Crippen molar-refractivity contribution in [2.45, 2.75) is 45.2 Å². The molecule has 34 heavy (non-hydrogen) atoms. The lowest BCUT2D eigenvalue weighted by Gasteiger charge is -2.32. The van der Waals surface area contributed by atoms with Gasteiger partial charge in [-0.05, 0) is 75.8 Å². The molecule has 9 heteroatoms. The highest BCUT2D eigenvalue weighted by molar-refractivity contribution is 7.18. The van der Waals surface area contributed by atoms with Crippen LogP contribution in [0.25, 0.3) is 10.2 Å². The van der Waals surface area contributed by atoms with Crippen LogP contribution in [0.1, 0.15) is 35.3 Å². The van der Waals surface area contributed by atoms with E-state index in [2.05, 4.69) is 51.7 Å². The molecule has 0 unspecified atom stereocenters. The number of nitrogens with one attached hydrogen (secondary N) is 1. The van der Waals surface area contributed by atoms with Gasteiger partial charge in [-0.1, -0.05) is 30.3 Å². The second-order valence-corrected chi connectivity index (χ2v) is 10.4. The van der Waals surface area contributed by atoms with Gasteiger partial charge >= 0.3 is 0 Å². The highest BCUT2D eigenvalue weighted by Gasteiger charge is 2.22. The van der Waals surface area contributed by atoms with Crippen molar-refractivity contribution in [3.8, 4) is 0 Å². The minimum Gasteiger partial charge on any atom is -0.317 e. The Bertz CT molecular complexity index is 1090. The molecule has 5 rings (SSSR count). The SMILES string of the molecule is CN1CCc2c(sc3ncn(CCCN4CCC(Cc5ccccc5)CC4)c(=N)c23)C1.Cl.Cl.Cl. The van der Waals surface area contributed by atoms with Crippen molar-refractivity contribution in [3.63, 3.8) is 0 Å². The number of thiophene rings is 1. The zero-order chi connectivity index (χ0) is 21.2. The molecular formula is C25H36Cl3N5S. The third-order valence-corrected chi connectivity index (χ3v) is 8.14. The number of aryl methyl sites for hydroxylation is 1. The molecule has 0 amide bonds. The summed E-state index contributed by atoms with van der Waals surface area (Å²) < 4.78 is 2.07. The molecule has 5 nitrogen and oxygen atoms in total. The number of likely N-dealkylation sites (N-methyl/N-ethyl adjacent to an activating group) is 1. The molecule has 2 aromatic heterocycles. The van der Waals surface area contributed by atoms with Crippen molar-refractivity contribution in [1.29, 1.82) is 5.41 Å². The predicted molar refractivity (Wildman–Crippen MR) is 149 cm³/mol. The number of rotatable bonds is 6. The van der Waals surface area contributed by atoms with Crippen molar-refractivity contribution < 1.29 is 0 Å². The Morgan fingerprint density at radius 2 is 1.76 bits per heavy atom. The number of aromatic nitrogens is 2. The summed E-state index contributed by atoms with van der Waals surface area (Å²) in [5, 5.41) is 9.91. The average molecular weight is 545 g/mol. The van der Waals surface area contributed by atoms with Gasteiger partial charge in [0.2, 0.25) is 0 Å². The summed E-state index contributed by atoms with van der Waals surface area (Å²) in [5.74, 6) is 0.822. The van der Waals surface area contributed by atoms with Gasteiger partial charge in [-0.25, -0.2) is 4.98 Å². The maximum atomic E-state index is 8.80. The first-order valence-corrected chi connectivity index (χ1v) is 12.5. The summed E-state index contributed by atoms with van der Waals surface area (Å²) in [6.45, 7) is 6.49. The van der Waals surface area contributed by atoms with Gasteiger partial charge in [-0.2, -0.15) is 0 Å². The fourth-order valence-corrected chi connectivity index (χ4v) is 6.44. The van der Waals surface area contributed by atoms with Crippen LogP contribution in [0.15, 0.2) is 36.7 Å². The molecule has 2 aliphatic rings. The van der Waals surface area contributed by atoms with Crippen LogP contribution < -0.4 is 5.49 Å². The summed E-state index contributed by atoms with van der Waals surface area (Å²) in [4.78, 5) is 12.1. The number of benzene rings is 1. The first kappa shape index (κ1) is 29.1. The Hall–Kier alpha value is -1.15. The van der Waals surface area contributed by atoms with Crippen LogP contribution in [0.5, 0.6) is 0 Å². The molecule has 0 radical (unpaired) electrons. The van der Waals surface area contributed by atoms with Gasteiger partial charge in [0.05, 0.1) is 11.7 Å². The highest BCUT2D eigenvalue weighted by atomic mass is 35.5. The van der Waals surface area contributed by atoms with Crippen LogP contribution in [-0.4, -0.2) is 52.6 Å². The van der Waals surface area contributed by atoms with Crippen molar-refractivity contribution in [2.75, 3.05) is 33.2 Å². The predicted octanol–water partition coefficient (Wildman–Crippen LogP) is 5.18. The van der Waals surface area contributed by atoms with Crippen LogP contribution in [-0.2, 0) is 25.9 Å². The molecule has 0 saturated carbocycles. The summed E-state index contributed by atoms with van der Waals surface area (Å²) >= 11 is 1.78. The molecule has 1 fully saturated rings. The van der Waals surface area contributed by atoms with Crippen LogP contribution in [0.3, 0.4) is 0 Å². The van der Waals surface area contributed by atoms with E-state index in [4.69, 9.17) is 10.4 Å². The monoisotopic (exact) mass is 543 g/mol. The second kappa shape index (κ2) is 13.2. The smallest absolute Gasteiger partial charge is 0.136 e. The molecule has 0 aliphatic carbocycles. The maximum Gasteiger partial charge on any atom is 0.136 e. The van der Waals surface area contributed by atoms with Crippen molar-refractivity contribution in [3.05, 3.63) is 58.2 Å². The number of hydrogen-bond acceptors (Lipinski definition) is 5. The zero-order valence-corrected chi connectivity index (χ0v) is 23.0. The molecule has 4 heterocycles. The number of fused-ring (bicyclic) bond motifs is 3. The minimum atomic E-state index is 0. The third-order valence-electron chi connectivity index (χ3n) is 7.02. The van der Waals surface area contributed by atoms with Gasteiger partial charge in [0.1, 0.15) is 10.3 Å². The summed E-state index contributed by atoms with van der Waals surface area (Å²) in [6.07, 6.45) is 7.84. The third kappa shape index (κ3) is 6.54. The fraction of sp³-hybridized carbons (Fsp3) is 0.520. The second-order valence-electron chi connectivity index (χ2n) is 9.29. The van der Waals surface area contributed by atoms with Gasteiger partial charge in [0.25, 0.3) is 0 Å². The Morgan fingerprint density at radius 3 is 2.50 bits per heavy atom. The maximum absolute atomic E-state index is 8.80. The highest BCUT2D eigenvalue weighted by Crippen LogP contribution is 2.31. The number of likely N-dealkylation sites (tertiary alicyclic amines) is 1. The van der Waals surface area contributed by atoms with E-state index in [1.165, 1.54) is 48.4 Å². The van der Waals surface area contributed by atoms with Crippen molar-refractivity contribution in [2.24, 2.45) is 5.92 Å². The van der Waals surface area contributed by atoms with Crippen LogP contribution >= 0.6 is 48.6 Å². The lowest BCUT2D eigenvalue weighted by atomic mass is 9.90. The standard InChI is InChI=1S/C25H33N5S.3ClH/c1-28-13-10-21-22(17-28)31-25-23(21)24(26)30(18-27-25)12-5-11-29-14-8-20(9-15-29)16-19-6-3-2-4-7-19;;;/h2-4,6-7,18,20,26H,5,8-17H2,1H3;3*1H. The van der Waals surface area contributed by atoms with E-state index in [0.717, 1.165) is 55.2 Å². The molecule has 188 valence electrons. The lowest BCUT2D eigenvalue weighted by molar-refractivity contribution is 0.180. The molecule has 2 aliphatic heterocycles. The van der Waals surface area contributed by atoms with E-state index in [-0.39, 0.29) is 37.2 Å². The van der Waals surface area contributed by atoms with E-state index in [1.807, 2.05) is 6.33 Å². The fourth-order valence-electron chi connectivity index (χ4n) is 5.17. The topological polar surface area (TPSA) is 48.2 Å². The van der Waals surface area contributed by atoms with Crippen LogP contribution in [0.2, 0.25) is 0 Å². The number of nitrogens with zero attached hydrogens (tertiary/aromatic N) is 4. The Balaban J connectivity index is 0.00000136. The number of halogens is 3. The van der Waals surface area contributed by atoms with Gasteiger partial charge in [-0.15, -0.1) is 48.6 Å². The molecule has 1 N–H and O–H groups in total. The quantitative estimate of drug-likeness (QED) is 0.465. The largest absolute Gasteiger partial charge is 0.317 e. The number of piperidine rings is 1. The Kier molecular flexibility index (Phi) is 11.3. The van der Waals surface area contributed by atoms with Crippen molar-refractivity contribution in [1.82, 2.24) is 19.4 Å². The normalized spacial score (nSPS) is 16.9. The van der Waals surface area contributed by atoms with Crippen molar-refractivity contribution >= 4 is 58.8 Å². The summed E-state index contributed by atoms with van der Waals surface area (Å²) in [6, 6.07) is 10.9. The van der Waals surface area contributed by atoms with Crippen LogP contribution in [0, 0.1) is 11.3 Å². The Labute approximate surface area is 225 Å². The van der Waals surface area contributed by atoms with Gasteiger partial charge in [-0.3, -0.25) is 5.41 Å². The molecule has 0 atom stereocenters. The van der Waals surface area contributed by atoms with Crippen LogP contribution in [0.4, 0.5) is 0 Å². The van der Waals surface area contributed by atoms with E-state index in [9.17, 15) is 0 Å². The number of hydrogen-bond donors (Lipinski definition) is 1. The van der Waals surface area contributed by atoms with E-state index in [0.29, 0.717) is 5.49 Å². The molecule has 1 aromatic carbocycles. The Morgan fingerprint density at radius 1 is 1.03 bits per heavy atom. The molecule has 0 spiro atoms. The molecule has 3 aromatic rings. The molecule has 0 bridgehead atoms. The first-order chi connectivity index (χ1) is 15.2. The molecular weight excluding hydrogens is 509 g/mol. The molecule has 1 saturated heterocycles. The van der Waals surface area contributed by atoms with Gasteiger partial charge < -0.3 is 14.4 Å². The summed E-state index contributed by atoms with van der Waals surface area (Å²) in [7, 11) is 2.17. The van der Waals surface area contributed by atoms with Gasteiger partial charge in [0, 0.05) is 24.5 Å².